The molecule has 2 heterocycles. The third-order valence-electron chi connectivity index (χ3n) is 4.11. The molecule has 1 amide bonds. The summed E-state index contributed by atoms with van der Waals surface area (Å²) in [4.78, 5) is 21.1. The number of amides is 1. The zero-order valence-corrected chi connectivity index (χ0v) is 15.8. The molecule has 0 fully saturated rings. The van der Waals surface area contributed by atoms with E-state index in [1.54, 1.807) is 0 Å². The first-order chi connectivity index (χ1) is 12.5. The quantitative estimate of drug-likeness (QED) is 0.470. The van der Waals surface area contributed by atoms with Crippen molar-refractivity contribution in [3.8, 4) is 10.6 Å². The Bertz CT molecular complexity index is 1110. The lowest BCUT2D eigenvalue weighted by Gasteiger charge is -2.04. The van der Waals surface area contributed by atoms with Crippen LogP contribution < -0.4 is 5.32 Å². The van der Waals surface area contributed by atoms with Crippen molar-refractivity contribution in [3.63, 3.8) is 0 Å². The van der Waals surface area contributed by atoms with Crippen LogP contribution in [-0.2, 0) is 0 Å². The first kappa shape index (κ1) is 16.8. The number of benzene rings is 2. The summed E-state index contributed by atoms with van der Waals surface area (Å²) in [6.45, 7) is 3.86. The molecule has 0 saturated carbocycles. The van der Waals surface area contributed by atoms with E-state index in [0.717, 1.165) is 38.5 Å². The first-order valence-corrected chi connectivity index (χ1v) is 9.33. The Hall–Kier alpha value is -2.63. The molecule has 0 saturated heterocycles. The van der Waals surface area contributed by atoms with E-state index in [2.05, 4.69) is 21.4 Å². The molecule has 2 aromatic carbocycles. The normalized spacial score (nSPS) is 11.0. The number of rotatable bonds is 3. The number of nitrogens with zero attached hydrogens (tertiary/aromatic N) is 1. The summed E-state index contributed by atoms with van der Waals surface area (Å²) in [7, 11) is 0. The van der Waals surface area contributed by atoms with Gasteiger partial charge in [0.15, 0.2) is 0 Å². The van der Waals surface area contributed by atoms with Gasteiger partial charge in [-0.15, -0.1) is 11.3 Å². The number of fused-ring (bicyclic) bond motifs is 1. The Morgan fingerprint density at radius 3 is 2.65 bits per heavy atom. The molecule has 4 rings (SSSR count). The fraction of sp³-hybridized carbons (Fsp3) is 0.100. The molecule has 6 heteroatoms. The highest BCUT2D eigenvalue weighted by molar-refractivity contribution is 7.17. The molecule has 26 heavy (non-hydrogen) atoms. The van der Waals surface area contributed by atoms with Gasteiger partial charge in [-0.05, 0) is 50.2 Å². The van der Waals surface area contributed by atoms with Crippen LogP contribution in [-0.4, -0.2) is 15.9 Å². The minimum Gasteiger partial charge on any atom is -0.359 e. The lowest BCUT2D eigenvalue weighted by Crippen LogP contribution is -2.11. The number of thiazole rings is 1. The monoisotopic (exact) mass is 381 g/mol. The highest BCUT2D eigenvalue weighted by Crippen LogP contribution is 2.29. The molecule has 0 spiro atoms. The van der Waals surface area contributed by atoms with Crippen molar-refractivity contribution in [1.29, 1.82) is 0 Å². The number of aromatic nitrogens is 2. The average Bonchev–Trinajstić information content (AvgIpc) is 3.17. The van der Waals surface area contributed by atoms with E-state index in [0.29, 0.717) is 9.90 Å². The lowest BCUT2D eigenvalue weighted by atomic mass is 10.2. The Morgan fingerprint density at radius 1 is 1.12 bits per heavy atom. The molecule has 0 aliphatic carbocycles. The predicted molar refractivity (Wildman–Crippen MR) is 108 cm³/mol. The van der Waals surface area contributed by atoms with E-state index >= 15 is 0 Å². The smallest absolute Gasteiger partial charge is 0.267 e. The average molecular weight is 382 g/mol. The second-order valence-corrected chi connectivity index (χ2v) is 7.58. The number of carbonyl (C=O) groups is 1. The van der Waals surface area contributed by atoms with Crippen LogP contribution in [0.1, 0.15) is 21.1 Å². The second kappa shape index (κ2) is 6.59. The molecule has 0 radical (unpaired) electrons. The van der Waals surface area contributed by atoms with E-state index in [1.165, 1.54) is 11.3 Å². The molecule has 0 aliphatic rings. The van der Waals surface area contributed by atoms with Gasteiger partial charge in [0.1, 0.15) is 9.88 Å². The predicted octanol–water partition coefficient (Wildman–Crippen LogP) is 5.81. The Kier molecular flexibility index (Phi) is 4.26. The van der Waals surface area contributed by atoms with E-state index in [9.17, 15) is 4.79 Å². The summed E-state index contributed by atoms with van der Waals surface area (Å²) in [6.07, 6.45) is 0. The van der Waals surface area contributed by atoms with Crippen molar-refractivity contribution in [3.05, 3.63) is 69.8 Å². The van der Waals surface area contributed by atoms with Crippen LogP contribution in [0, 0.1) is 13.8 Å². The maximum absolute atomic E-state index is 12.7. The third kappa shape index (κ3) is 3.23. The van der Waals surface area contributed by atoms with Crippen molar-refractivity contribution in [2.45, 2.75) is 13.8 Å². The standard InChI is InChI=1S/C20H16ClN3OS/c1-11-9-14-10-16(7-8-17(14)22-11)24-19(25)18-12(2)23-20(26-18)13-3-5-15(21)6-4-13/h3-10,22H,1-2H3,(H,24,25). The maximum atomic E-state index is 12.7. The number of anilines is 1. The highest BCUT2D eigenvalue weighted by atomic mass is 35.5. The van der Waals surface area contributed by atoms with Crippen molar-refractivity contribution >= 4 is 45.4 Å². The zero-order chi connectivity index (χ0) is 18.3. The molecule has 0 atom stereocenters. The molecular formula is C20H16ClN3OS. The molecule has 130 valence electrons. The van der Waals surface area contributed by atoms with E-state index in [1.807, 2.05) is 56.3 Å². The largest absolute Gasteiger partial charge is 0.359 e. The number of aryl methyl sites for hydroxylation is 2. The SMILES string of the molecule is Cc1cc2cc(NC(=O)c3sc(-c4ccc(Cl)cc4)nc3C)ccc2[nH]1. The molecule has 4 aromatic rings. The number of hydrogen-bond donors (Lipinski definition) is 2. The van der Waals surface area contributed by atoms with E-state index in [4.69, 9.17) is 11.6 Å². The maximum Gasteiger partial charge on any atom is 0.267 e. The van der Waals surface area contributed by atoms with Crippen LogP contribution in [0.3, 0.4) is 0 Å². The van der Waals surface area contributed by atoms with Crippen molar-refractivity contribution in [1.82, 2.24) is 9.97 Å². The van der Waals surface area contributed by atoms with Crippen LogP contribution in [0.2, 0.25) is 5.02 Å². The first-order valence-electron chi connectivity index (χ1n) is 8.14. The summed E-state index contributed by atoms with van der Waals surface area (Å²) < 4.78 is 0. The summed E-state index contributed by atoms with van der Waals surface area (Å²) in [5.41, 5.74) is 4.58. The van der Waals surface area contributed by atoms with Gasteiger partial charge in [-0.1, -0.05) is 23.7 Å². The van der Waals surface area contributed by atoms with Gasteiger partial charge in [-0.3, -0.25) is 4.79 Å². The van der Waals surface area contributed by atoms with Gasteiger partial charge in [0, 0.05) is 32.9 Å². The molecule has 0 unspecified atom stereocenters. The Balaban J connectivity index is 1.60. The van der Waals surface area contributed by atoms with Crippen LogP contribution in [0.25, 0.3) is 21.5 Å². The number of hydrogen-bond acceptors (Lipinski definition) is 3. The van der Waals surface area contributed by atoms with Crippen LogP contribution in [0.15, 0.2) is 48.5 Å². The Labute approximate surface area is 159 Å². The number of nitrogens with one attached hydrogen (secondary N) is 2. The van der Waals surface area contributed by atoms with Gasteiger partial charge < -0.3 is 10.3 Å². The topological polar surface area (TPSA) is 57.8 Å². The van der Waals surface area contributed by atoms with E-state index < -0.39 is 0 Å². The highest BCUT2D eigenvalue weighted by Gasteiger charge is 2.16. The molecule has 0 aliphatic heterocycles. The van der Waals surface area contributed by atoms with Gasteiger partial charge in [-0.2, -0.15) is 0 Å². The van der Waals surface area contributed by atoms with E-state index in [-0.39, 0.29) is 5.91 Å². The summed E-state index contributed by atoms with van der Waals surface area (Å²) in [5.74, 6) is -0.146. The number of aromatic amines is 1. The fourth-order valence-corrected chi connectivity index (χ4v) is 3.96. The van der Waals surface area contributed by atoms with Crippen molar-refractivity contribution in [2.24, 2.45) is 0 Å². The van der Waals surface area contributed by atoms with Gasteiger partial charge in [0.25, 0.3) is 5.91 Å². The molecule has 4 nitrogen and oxygen atoms in total. The number of H-pyrrole nitrogens is 1. The van der Waals surface area contributed by atoms with Gasteiger partial charge >= 0.3 is 0 Å². The summed E-state index contributed by atoms with van der Waals surface area (Å²) in [6, 6.07) is 15.3. The van der Waals surface area contributed by atoms with Crippen LogP contribution in [0.4, 0.5) is 5.69 Å². The fourth-order valence-electron chi connectivity index (χ4n) is 2.87. The lowest BCUT2D eigenvalue weighted by molar-refractivity contribution is 0.103. The molecule has 2 aromatic heterocycles. The number of halogens is 1. The van der Waals surface area contributed by atoms with Crippen molar-refractivity contribution in [2.75, 3.05) is 5.32 Å². The molecule has 0 bridgehead atoms. The van der Waals surface area contributed by atoms with Gasteiger partial charge in [0.2, 0.25) is 0 Å². The minimum atomic E-state index is -0.146. The molecular weight excluding hydrogens is 366 g/mol. The number of carbonyl (C=O) groups excluding carboxylic acids is 1. The zero-order valence-electron chi connectivity index (χ0n) is 14.3. The van der Waals surface area contributed by atoms with Gasteiger partial charge in [-0.25, -0.2) is 4.98 Å². The van der Waals surface area contributed by atoms with Crippen molar-refractivity contribution < 1.29 is 4.79 Å². The summed E-state index contributed by atoms with van der Waals surface area (Å²) >= 11 is 7.32. The minimum absolute atomic E-state index is 0.146. The van der Waals surface area contributed by atoms with Gasteiger partial charge in [0.05, 0.1) is 5.69 Å². The third-order valence-corrected chi connectivity index (χ3v) is 5.56. The summed E-state index contributed by atoms with van der Waals surface area (Å²) in [5, 5.41) is 5.53. The van der Waals surface area contributed by atoms with Crippen LogP contribution >= 0.6 is 22.9 Å². The van der Waals surface area contributed by atoms with Crippen LogP contribution in [0.5, 0.6) is 0 Å². The second-order valence-electron chi connectivity index (χ2n) is 6.15. The molecule has 2 N–H and O–H groups in total. The Morgan fingerprint density at radius 2 is 1.88 bits per heavy atom.